The quantitative estimate of drug-likeness (QED) is 0.765. The van der Waals surface area contributed by atoms with E-state index >= 15 is 0 Å². The van der Waals surface area contributed by atoms with Crippen molar-refractivity contribution in [3.05, 3.63) is 63.6 Å². The summed E-state index contributed by atoms with van der Waals surface area (Å²) in [5.74, 6) is -0.904. The molecule has 0 fully saturated rings. The molecular weight excluding hydrogens is 330 g/mol. The molecule has 5 heteroatoms. The number of rotatable bonds is 4. The Morgan fingerprint density at radius 1 is 1.15 bits per heavy atom. The molecule has 0 heterocycles. The number of halogens is 3. The first kappa shape index (κ1) is 14.7. The van der Waals surface area contributed by atoms with Gasteiger partial charge in [-0.3, -0.25) is 4.79 Å². The fraction of sp³-hybridized carbons (Fsp3) is 0.133. The van der Waals surface area contributed by atoms with Gasteiger partial charge in [0.1, 0.15) is 24.0 Å². The Morgan fingerprint density at radius 3 is 2.55 bits per heavy atom. The molecule has 0 aliphatic rings. The number of hydrogen-bond acceptors (Lipinski definition) is 2. The van der Waals surface area contributed by atoms with Crippen LogP contribution in [0.1, 0.15) is 22.8 Å². The van der Waals surface area contributed by atoms with Crippen molar-refractivity contribution in [2.24, 2.45) is 0 Å². The topological polar surface area (TPSA) is 26.3 Å². The minimum absolute atomic E-state index is 0.0856. The van der Waals surface area contributed by atoms with Crippen molar-refractivity contribution >= 4 is 21.7 Å². The summed E-state index contributed by atoms with van der Waals surface area (Å²) in [4.78, 5) is 11.4. The van der Waals surface area contributed by atoms with Crippen LogP contribution in [-0.2, 0) is 6.61 Å². The van der Waals surface area contributed by atoms with E-state index in [1.165, 1.54) is 31.2 Å². The summed E-state index contributed by atoms with van der Waals surface area (Å²) >= 11 is 3.19. The second kappa shape index (κ2) is 6.13. The van der Waals surface area contributed by atoms with Crippen LogP contribution in [0.15, 0.2) is 40.9 Å². The lowest BCUT2D eigenvalue weighted by atomic mass is 10.1. The first-order valence-corrected chi connectivity index (χ1v) is 6.63. The third-order valence-corrected chi connectivity index (χ3v) is 3.10. The van der Waals surface area contributed by atoms with Crippen molar-refractivity contribution in [1.82, 2.24) is 0 Å². The van der Waals surface area contributed by atoms with Gasteiger partial charge in [-0.2, -0.15) is 0 Å². The number of hydrogen-bond donors (Lipinski definition) is 0. The normalized spacial score (nSPS) is 10.4. The average Bonchev–Trinajstić information content (AvgIpc) is 2.36. The van der Waals surface area contributed by atoms with Gasteiger partial charge in [0, 0.05) is 4.47 Å². The number of carbonyl (C=O) groups excluding carboxylic acids is 1. The minimum Gasteiger partial charge on any atom is -0.488 e. The molecule has 0 aliphatic heterocycles. The van der Waals surface area contributed by atoms with E-state index in [9.17, 15) is 13.6 Å². The van der Waals surface area contributed by atoms with Crippen molar-refractivity contribution in [1.29, 1.82) is 0 Å². The second-order valence-electron chi connectivity index (χ2n) is 4.26. The summed E-state index contributed by atoms with van der Waals surface area (Å²) in [6.07, 6.45) is 0. The third-order valence-electron chi connectivity index (χ3n) is 2.64. The summed E-state index contributed by atoms with van der Waals surface area (Å²) in [7, 11) is 0. The zero-order valence-corrected chi connectivity index (χ0v) is 12.2. The van der Waals surface area contributed by atoms with Crippen LogP contribution in [0.4, 0.5) is 8.78 Å². The minimum atomic E-state index is -0.504. The van der Waals surface area contributed by atoms with E-state index in [-0.39, 0.29) is 29.5 Å². The Kier molecular flexibility index (Phi) is 4.49. The molecule has 0 N–H and O–H groups in total. The van der Waals surface area contributed by atoms with Gasteiger partial charge in [0.05, 0.1) is 5.56 Å². The largest absolute Gasteiger partial charge is 0.488 e. The SMILES string of the molecule is CC(=O)c1cc(F)ccc1OCc1cc(F)cc(Br)c1. The molecule has 0 spiro atoms. The molecule has 0 saturated carbocycles. The lowest BCUT2D eigenvalue weighted by Gasteiger charge is -2.10. The standard InChI is InChI=1S/C15H11BrF2O2/c1-9(19)14-7-12(17)2-3-15(14)20-8-10-4-11(16)6-13(18)5-10/h2-7H,8H2,1H3. The highest BCUT2D eigenvalue weighted by Crippen LogP contribution is 2.22. The van der Waals surface area contributed by atoms with Crippen LogP contribution in [0, 0.1) is 11.6 Å². The van der Waals surface area contributed by atoms with E-state index in [2.05, 4.69) is 15.9 Å². The maximum absolute atomic E-state index is 13.2. The molecule has 2 aromatic rings. The van der Waals surface area contributed by atoms with Gasteiger partial charge in [-0.05, 0) is 48.9 Å². The highest BCUT2D eigenvalue weighted by atomic mass is 79.9. The molecule has 104 valence electrons. The average molecular weight is 341 g/mol. The molecule has 0 aliphatic carbocycles. The second-order valence-corrected chi connectivity index (χ2v) is 5.18. The number of carbonyl (C=O) groups is 1. The fourth-order valence-corrected chi connectivity index (χ4v) is 2.27. The molecule has 2 rings (SSSR count). The van der Waals surface area contributed by atoms with Gasteiger partial charge in [-0.25, -0.2) is 8.78 Å². The van der Waals surface area contributed by atoms with Crippen molar-refractivity contribution in [3.8, 4) is 5.75 Å². The van der Waals surface area contributed by atoms with E-state index in [0.29, 0.717) is 10.0 Å². The molecule has 0 unspecified atom stereocenters. The molecule has 20 heavy (non-hydrogen) atoms. The number of ether oxygens (including phenoxy) is 1. The van der Waals surface area contributed by atoms with Crippen molar-refractivity contribution < 1.29 is 18.3 Å². The lowest BCUT2D eigenvalue weighted by Crippen LogP contribution is -2.02. The molecule has 0 bridgehead atoms. The van der Waals surface area contributed by atoms with Crippen LogP contribution in [0.3, 0.4) is 0 Å². The maximum atomic E-state index is 13.2. The lowest BCUT2D eigenvalue weighted by molar-refractivity contribution is 0.101. The van der Waals surface area contributed by atoms with E-state index in [1.807, 2.05) is 0 Å². The van der Waals surface area contributed by atoms with E-state index in [4.69, 9.17) is 4.74 Å². The van der Waals surface area contributed by atoms with Crippen LogP contribution in [0.2, 0.25) is 0 Å². The Bertz CT molecular complexity index is 636. The first-order valence-electron chi connectivity index (χ1n) is 5.84. The van der Waals surface area contributed by atoms with E-state index in [0.717, 1.165) is 6.07 Å². The molecule has 2 aromatic carbocycles. The molecule has 0 amide bonds. The first-order chi connectivity index (χ1) is 9.45. The monoisotopic (exact) mass is 340 g/mol. The Labute approximate surface area is 123 Å². The smallest absolute Gasteiger partial charge is 0.163 e. The predicted octanol–water partition coefficient (Wildman–Crippen LogP) is 4.51. The van der Waals surface area contributed by atoms with Crippen molar-refractivity contribution in [2.45, 2.75) is 13.5 Å². The van der Waals surface area contributed by atoms with Gasteiger partial charge in [0.2, 0.25) is 0 Å². The van der Waals surface area contributed by atoms with E-state index < -0.39 is 5.82 Å². The predicted molar refractivity (Wildman–Crippen MR) is 74.8 cm³/mol. The van der Waals surface area contributed by atoms with Gasteiger partial charge in [0.15, 0.2) is 5.78 Å². The van der Waals surface area contributed by atoms with Gasteiger partial charge in [0.25, 0.3) is 0 Å². The highest BCUT2D eigenvalue weighted by Gasteiger charge is 2.10. The molecular formula is C15H11BrF2O2. The number of ketones is 1. The third kappa shape index (κ3) is 3.63. The van der Waals surface area contributed by atoms with E-state index in [1.54, 1.807) is 6.07 Å². The molecule has 2 nitrogen and oxygen atoms in total. The fourth-order valence-electron chi connectivity index (χ4n) is 1.76. The highest BCUT2D eigenvalue weighted by molar-refractivity contribution is 9.10. The van der Waals surface area contributed by atoms with Crippen LogP contribution in [0.25, 0.3) is 0 Å². The number of Topliss-reactive ketones (excluding diaryl/α,β-unsaturated/α-hetero) is 1. The summed E-state index contributed by atoms with van der Waals surface area (Å²) in [6.45, 7) is 1.42. The van der Waals surface area contributed by atoms with Crippen molar-refractivity contribution in [3.63, 3.8) is 0 Å². The molecule has 0 radical (unpaired) electrons. The van der Waals surface area contributed by atoms with Crippen LogP contribution in [-0.4, -0.2) is 5.78 Å². The summed E-state index contributed by atoms with van der Waals surface area (Å²) in [5, 5.41) is 0. The molecule has 0 aromatic heterocycles. The summed E-state index contributed by atoms with van der Waals surface area (Å²) in [6, 6.07) is 8.10. The Hall–Kier alpha value is -1.75. The molecule has 0 saturated heterocycles. The van der Waals surface area contributed by atoms with Crippen LogP contribution in [0.5, 0.6) is 5.75 Å². The molecule has 0 atom stereocenters. The summed E-state index contributed by atoms with van der Waals surface area (Å²) < 4.78 is 32.4. The van der Waals surface area contributed by atoms with Crippen LogP contribution < -0.4 is 4.74 Å². The summed E-state index contributed by atoms with van der Waals surface area (Å²) in [5.41, 5.74) is 0.774. The Balaban J connectivity index is 2.20. The zero-order valence-electron chi connectivity index (χ0n) is 10.6. The maximum Gasteiger partial charge on any atom is 0.163 e. The van der Waals surface area contributed by atoms with Crippen LogP contribution >= 0.6 is 15.9 Å². The van der Waals surface area contributed by atoms with Gasteiger partial charge < -0.3 is 4.74 Å². The van der Waals surface area contributed by atoms with Gasteiger partial charge >= 0.3 is 0 Å². The zero-order chi connectivity index (χ0) is 14.7. The number of benzene rings is 2. The van der Waals surface area contributed by atoms with Gasteiger partial charge in [-0.15, -0.1) is 0 Å². The Morgan fingerprint density at radius 2 is 1.90 bits per heavy atom. The van der Waals surface area contributed by atoms with Crippen molar-refractivity contribution in [2.75, 3.05) is 0 Å². The van der Waals surface area contributed by atoms with Gasteiger partial charge in [-0.1, -0.05) is 15.9 Å².